The Morgan fingerprint density at radius 3 is 2.59 bits per heavy atom. The summed E-state index contributed by atoms with van der Waals surface area (Å²) in [5.41, 5.74) is 2.69. The number of aromatic nitrogens is 4. The third kappa shape index (κ3) is 4.97. The summed E-state index contributed by atoms with van der Waals surface area (Å²) in [6, 6.07) is 7.24. The number of aliphatic hydroxyl groups is 1. The quantitative estimate of drug-likeness (QED) is 0.464. The molecule has 1 aliphatic heterocycles. The first-order chi connectivity index (χ1) is 15.3. The lowest BCUT2D eigenvalue weighted by molar-refractivity contribution is 0.0802. The predicted octanol–water partition coefficient (Wildman–Crippen LogP) is 2.31. The van der Waals surface area contributed by atoms with Crippen LogP contribution in [0.15, 0.2) is 24.3 Å². The number of fused-ring (bicyclic) bond motifs is 1. The third-order valence-electron chi connectivity index (χ3n) is 5.13. The van der Waals surface area contributed by atoms with E-state index < -0.39 is 5.60 Å². The van der Waals surface area contributed by atoms with Gasteiger partial charge in [0.1, 0.15) is 0 Å². The van der Waals surface area contributed by atoms with Gasteiger partial charge in [-0.3, -0.25) is 5.10 Å². The number of anilines is 2. The Morgan fingerprint density at radius 1 is 1.22 bits per heavy atom. The number of nitrogens with zero attached hydrogens (tertiary/aromatic N) is 4. The third-order valence-corrected chi connectivity index (χ3v) is 5.13. The van der Waals surface area contributed by atoms with Crippen molar-refractivity contribution in [3.05, 3.63) is 30.0 Å². The van der Waals surface area contributed by atoms with Gasteiger partial charge in [0, 0.05) is 37.3 Å². The molecule has 10 nitrogen and oxygen atoms in total. The fourth-order valence-electron chi connectivity index (χ4n) is 3.68. The van der Waals surface area contributed by atoms with Crippen molar-refractivity contribution >= 4 is 28.7 Å². The number of morpholine rings is 1. The first-order valence-corrected chi connectivity index (χ1v) is 10.8. The van der Waals surface area contributed by atoms with E-state index in [0.29, 0.717) is 62.2 Å². The molecule has 3 heterocycles. The number of H-pyrrole nitrogens is 1. The molecular weight excluding hydrogens is 410 g/mol. The molecular formula is C22H29N7O3. The van der Waals surface area contributed by atoms with Crippen LogP contribution < -0.4 is 15.5 Å². The highest BCUT2D eigenvalue weighted by Gasteiger charge is 2.24. The summed E-state index contributed by atoms with van der Waals surface area (Å²) < 4.78 is 5.46. The molecule has 0 radical (unpaired) electrons. The van der Waals surface area contributed by atoms with Gasteiger partial charge in [-0.1, -0.05) is 12.1 Å². The number of ether oxygens (including phenoxy) is 1. The average Bonchev–Trinajstić information content (AvgIpc) is 3.15. The van der Waals surface area contributed by atoms with Gasteiger partial charge in [0.15, 0.2) is 5.65 Å². The van der Waals surface area contributed by atoms with Crippen LogP contribution in [-0.2, 0) is 11.2 Å². The van der Waals surface area contributed by atoms with Gasteiger partial charge in [0.05, 0.1) is 35.6 Å². The molecule has 1 saturated heterocycles. The van der Waals surface area contributed by atoms with E-state index in [9.17, 15) is 9.90 Å². The van der Waals surface area contributed by atoms with Crippen LogP contribution >= 0.6 is 0 Å². The lowest BCUT2D eigenvalue weighted by Crippen LogP contribution is -2.37. The van der Waals surface area contributed by atoms with E-state index in [2.05, 4.69) is 25.7 Å². The Bertz CT molecular complexity index is 1080. The zero-order valence-corrected chi connectivity index (χ0v) is 18.6. The zero-order chi connectivity index (χ0) is 22.7. The van der Waals surface area contributed by atoms with E-state index in [0.717, 1.165) is 16.6 Å². The van der Waals surface area contributed by atoms with E-state index in [1.54, 1.807) is 13.8 Å². The van der Waals surface area contributed by atoms with Crippen molar-refractivity contribution < 1.29 is 14.6 Å². The summed E-state index contributed by atoms with van der Waals surface area (Å²) in [4.78, 5) is 23.5. The van der Waals surface area contributed by atoms with E-state index in [1.807, 2.05) is 31.2 Å². The summed E-state index contributed by atoms with van der Waals surface area (Å²) in [7, 11) is 0. The maximum atomic E-state index is 11.8. The number of hydrogen-bond acceptors (Lipinski definition) is 7. The maximum absolute atomic E-state index is 11.8. The minimum Gasteiger partial charge on any atom is -0.390 e. The highest BCUT2D eigenvalue weighted by Crippen LogP contribution is 2.32. The van der Waals surface area contributed by atoms with Crippen LogP contribution in [-0.4, -0.2) is 69.8 Å². The highest BCUT2D eigenvalue weighted by molar-refractivity contribution is 5.94. The second kappa shape index (κ2) is 9.09. The van der Waals surface area contributed by atoms with Gasteiger partial charge >= 0.3 is 6.03 Å². The molecule has 1 fully saturated rings. The molecule has 0 saturated carbocycles. The van der Waals surface area contributed by atoms with Gasteiger partial charge in [-0.25, -0.2) is 9.78 Å². The molecule has 0 aliphatic carbocycles. The van der Waals surface area contributed by atoms with E-state index in [-0.39, 0.29) is 6.03 Å². The molecule has 2 aromatic heterocycles. The van der Waals surface area contributed by atoms with Crippen LogP contribution in [0, 0.1) is 0 Å². The average molecular weight is 440 g/mol. The molecule has 3 aromatic rings. The molecule has 4 N–H and O–H groups in total. The molecule has 170 valence electrons. The number of carbonyl (C=O) groups is 1. The van der Waals surface area contributed by atoms with Crippen molar-refractivity contribution in [2.24, 2.45) is 0 Å². The summed E-state index contributed by atoms with van der Waals surface area (Å²) in [5, 5.41) is 24.1. The molecule has 1 aliphatic rings. The van der Waals surface area contributed by atoms with Crippen molar-refractivity contribution in [3.63, 3.8) is 0 Å². The number of amides is 2. The van der Waals surface area contributed by atoms with Crippen molar-refractivity contribution in [1.29, 1.82) is 0 Å². The summed E-state index contributed by atoms with van der Waals surface area (Å²) in [6.45, 7) is 8.60. The minimum absolute atomic E-state index is 0.249. The number of urea groups is 1. The van der Waals surface area contributed by atoms with Gasteiger partial charge in [0.25, 0.3) is 0 Å². The van der Waals surface area contributed by atoms with Crippen molar-refractivity contribution in [2.45, 2.75) is 32.8 Å². The van der Waals surface area contributed by atoms with Crippen molar-refractivity contribution in [2.75, 3.05) is 43.1 Å². The molecule has 10 heteroatoms. The zero-order valence-electron chi connectivity index (χ0n) is 18.6. The molecule has 0 spiro atoms. The van der Waals surface area contributed by atoms with Gasteiger partial charge in [0.2, 0.25) is 5.95 Å². The van der Waals surface area contributed by atoms with Gasteiger partial charge in [-0.05, 0) is 32.9 Å². The van der Waals surface area contributed by atoms with E-state index in [4.69, 9.17) is 14.7 Å². The largest absolute Gasteiger partial charge is 0.390 e. The van der Waals surface area contributed by atoms with Crippen LogP contribution in [0.1, 0.15) is 26.5 Å². The SMILES string of the molecule is CCNC(=O)Nc1ccc(-c2nc(N3CCOCC3)nc3[nH]nc(CC(C)(C)O)c23)cc1. The molecule has 32 heavy (non-hydrogen) atoms. The van der Waals surface area contributed by atoms with Crippen LogP contribution in [0.4, 0.5) is 16.4 Å². The normalized spacial score (nSPS) is 14.6. The van der Waals surface area contributed by atoms with Crippen LogP contribution in [0.5, 0.6) is 0 Å². The van der Waals surface area contributed by atoms with Crippen LogP contribution in [0.3, 0.4) is 0 Å². The standard InChI is InChI=1S/C22H29N7O3/c1-4-23-21(30)24-15-7-5-14(6-8-15)18-17-16(13-22(2,3)31)27-28-19(17)26-20(25-18)29-9-11-32-12-10-29/h5-8,31H,4,9-13H2,1-3H3,(H2,23,24,30)(H,25,26,27,28). The number of benzene rings is 1. The molecule has 0 atom stereocenters. The summed E-state index contributed by atoms with van der Waals surface area (Å²) in [5.74, 6) is 0.610. The Morgan fingerprint density at radius 2 is 1.94 bits per heavy atom. The highest BCUT2D eigenvalue weighted by atomic mass is 16.5. The fraction of sp³-hybridized carbons (Fsp3) is 0.455. The van der Waals surface area contributed by atoms with Gasteiger partial charge < -0.3 is 25.4 Å². The van der Waals surface area contributed by atoms with Gasteiger partial charge in [-0.15, -0.1) is 0 Å². The predicted molar refractivity (Wildman–Crippen MR) is 123 cm³/mol. The number of carbonyl (C=O) groups excluding carboxylic acids is 1. The van der Waals surface area contributed by atoms with Crippen molar-refractivity contribution in [3.8, 4) is 11.3 Å². The first-order valence-electron chi connectivity index (χ1n) is 10.8. The Balaban J connectivity index is 1.76. The molecule has 0 bridgehead atoms. The smallest absolute Gasteiger partial charge is 0.319 e. The lowest BCUT2D eigenvalue weighted by atomic mass is 9.99. The molecule has 0 unspecified atom stereocenters. The maximum Gasteiger partial charge on any atom is 0.319 e. The summed E-state index contributed by atoms with van der Waals surface area (Å²) in [6.07, 6.45) is 0.358. The molecule has 2 amide bonds. The van der Waals surface area contributed by atoms with Crippen LogP contribution in [0.2, 0.25) is 0 Å². The lowest BCUT2D eigenvalue weighted by Gasteiger charge is -2.27. The monoisotopic (exact) mass is 439 g/mol. The Hall–Kier alpha value is -3.24. The number of aromatic amines is 1. The van der Waals surface area contributed by atoms with Crippen molar-refractivity contribution in [1.82, 2.24) is 25.5 Å². The number of hydrogen-bond donors (Lipinski definition) is 4. The molecule has 1 aromatic carbocycles. The number of rotatable bonds is 6. The molecule has 4 rings (SSSR count). The summed E-state index contributed by atoms with van der Waals surface area (Å²) >= 11 is 0. The fourth-order valence-corrected chi connectivity index (χ4v) is 3.68. The van der Waals surface area contributed by atoms with Crippen LogP contribution in [0.25, 0.3) is 22.3 Å². The topological polar surface area (TPSA) is 128 Å². The Kier molecular flexibility index (Phi) is 6.24. The van der Waals surface area contributed by atoms with Gasteiger partial charge in [-0.2, -0.15) is 10.1 Å². The number of nitrogens with one attached hydrogen (secondary N) is 3. The Labute approximate surface area is 186 Å². The van der Waals surface area contributed by atoms with E-state index >= 15 is 0 Å². The van der Waals surface area contributed by atoms with E-state index in [1.165, 1.54) is 0 Å². The first kappa shape index (κ1) is 22.0. The minimum atomic E-state index is -0.928. The second-order valence-electron chi connectivity index (χ2n) is 8.42. The second-order valence-corrected chi connectivity index (χ2v) is 8.42.